The Kier molecular flexibility index (Phi) is 4.11. The van der Waals surface area contributed by atoms with Crippen LogP contribution in [0.3, 0.4) is 0 Å². The van der Waals surface area contributed by atoms with E-state index in [1.807, 2.05) is 0 Å². The molecular formula is C34H23O2P. The zero-order valence-electron chi connectivity index (χ0n) is 20.0. The molecule has 3 heteroatoms. The summed E-state index contributed by atoms with van der Waals surface area (Å²) in [6.45, 7) is 0. The Labute approximate surface area is 215 Å². The van der Waals surface area contributed by atoms with E-state index in [0.29, 0.717) is 0 Å². The average molecular weight is 495 g/mol. The fourth-order valence-electron chi connectivity index (χ4n) is 6.23. The molecule has 0 N–H and O–H groups in total. The second-order valence-corrected chi connectivity index (χ2v) is 13.4. The zero-order chi connectivity index (χ0) is 24.5. The Balaban J connectivity index is 1.61. The maximum atomic E-state index is 7.46. The summed E-state index contributed by atoms with van der Waals surface area (Å²) in [5, 5.41) is 7.95. The molecule has 2 aliphatic heterocycles. The molecule has 0 unspecified atom stereocenters. The Morgan fingerprint density at radius 3 is 1.51 bits per heavy atom. The monoisotopic (exact) mass is 494 g/mol. The number of hydrogen-bond donors (Lipinski definition) is 0. The molecule has 37 heavy (non-hydrogen) atoms. The third kappa shape index (κ3) is 2.58. The standard InChI is InChI=1S/C34H23O2P/c1-3-11-24(12-4-1)23-32(25-13-5-2-6-14-25)37(30-21-9-17-26-15-7-19-28(35-37)33(26)30)31-22-10-18-27-16-8-20-29(36-37)34(27)31/h1-23H/b32-23+. The maximum absolute atomic E-state index is 7.46. The van der Waals surface area contributed by atoms with Crippen LogP contribution < -0.4 is 19.7 Å². The number of benzene rings is 6. The van der Waals surface area contributed by atoms with Crippen molar-refractivity contribution < 1.29 is 9.05 Å². The van der Waals surface area contributed by atoms with Crippen LogP contribution in [0.4, 0.5) is 0 Å². The molecule has 2 nitrogen and oxygen atoms in total. The summed E-state index contributed by atoms with van der Waals surface area (Å²) < 4.78 is 14.9. The predicted octanol–water partition coefficient (Wildman–Crippen LogP) is 8.31. The molecule has 0 bridgehead atoms. The first kappa shape index (κ1) is 20.8. The van der Waals surface area contributed by atoms with Crippen molar-refractivity contribution in [3.05, 3.63) is 145 Å². The van der Waals surface area contributed by atoms with Gasteiger partial charge in [-0.25, -0.2) is 0 Å². The second-order valence-electron chi connectivity index (χ2n) is 9.71. The van der Waals surface area contributed by atoms with Gasteiger partial charge < -0.3 is 0 Å². The third-order valence-corrected chi connectivity index (χ3v) is 12.6. The molecule has 0 atom stereocenters. The molecular weight excluding hydrogens is 471 g/mol. The number of fused-ring (bicyclic) bond motifs is 2. The minimum absolute atomic E-state index is 0.880. The van der Waals surface area contributed by atoms with Gasteiger partial charge in [-0.2, -0.15) is 0 Å². The van der Waals surface area contributed by atoms with Gasteiger partial charge >= 0.3 is 216 Å². The molecule has 2 aliphatic rings. The number of rotatable bonds is 3. The molecule has 2 heterocycles. The summed E-state index contributed by atoms with van der Waals surface area (Å²) >= 11 is 0. The van der Waals surface area contributed by atoms with Gasteiger partial charge in [-0.05, 0) is 0 Å². The SMILES string of the molecule is C(=C(/c1ccccc1)P12(Oc3cccc4cccc1c34)Oc1cccc3cccc2c13)/c1ccccc1. The van der Waals surface area contributed by atoms with Crippen LogP contribution in [-0.4, -0.2) is 0 Å². The zero-order valence-corrected chi connectivity index (χ0v) is 20.9. The van der Waals surface area contributed by atoms with Gasteiger partial charge in [-0.1, -0.05) is 0 Å². The van der Waals surface area contributed by atoms with Crippen LogP contribution in [0, 0.1) is 0 Å². The number of hydrogen-bond acceptors (Lipinski definition) is 2. The van der Waals surface area contributed by atoms with Crippen molar-refractivity contribution in [2.45, 2.75) is 0 Å². The molecule has 6 aromatic rings. The summed E-state index contributed by atoms with van der Waals surface area (Å²) in [6.07, 6.45) is 2.28. The summed E-state index contributed by atoms with van der Waals surface area (Å²) in [7, 11) is -3.95. The molecule has 0 fully saturated rings. The van der Waals surface area contributed by atoms with Gasteiger partial charge in [0.15, 0.2) is 0 Å². The van der Waals surface area contributed by atoms with Crippen LogP contribution in [0.25, 0.3) is 32.9 Å². The van der Waals surface area contributed by atoms with Crippen LogP contribution in [0.1, 0.15) is 11.1 Å². The van der Waals surface area contributed by atoms with E-state index >= 15 is 0 Å². The molecule has 8 rings (SSSR count). The Hall–Kier alpha value is -4.39. The van der Waals surface area contributed by atoms with Crippen LogP contribution in [0.15, 0.2) is 133 Å². The first-order valence-corrected chi connectivity index (χ1v) is 14.6. The van der Waals surface area contributed by atoms with Gasteiger partial charge in [0.2, 0.25) is 0 Å². The van der Waals surface area contributed by atoms with Crippen LogP contribution in [0.5, 0.6) is 11.5 Å². The Morgan fingerprint density at radius 2 is 0.973 bits per heavy atom. The molecule has 0 saturated carbocycles. The van der Waals surface area contributed by atoms with Crippen molar-refractivity contribution in [1.82, 2.24) is 0 Å². The first-order valence-electron chi connectivity index (χ1n) is 12.6. The quantitative estimate of drug-likeness (QED) is 0.182. The molecule has 0 saturated heterocycles. The van der Waals surface area contributed by atoms with Gasteiger partial charge in [0.05, 0.1) is 0 Å². The van der Waals surface area contributed by atoms with E-state index < -0.39 is 7.06 Å². The average Bonchev–Trinajstić information content (AvgIpc) is 3.42. The van der Waals surface area contributed by atoms with Crippen molar-refractivity contribution in [3.8, 4) is 11.5 Å². The van der Waals surface area contributed by atoms with Gasteiger partial charge in [0.25, 0.3) is 0 Å². The van der Waals surface area contributed by atoms with E-state index in [1.165, 1.54) is 0 Å². The van der Waals surface area contributed by atoms with E-state index in [0.717, 1.165) is 60.1 Å². The van der Waals surface area contributed by atoms with E-state index in [-0.39, 0.29) is 0 Å². The Bertz CT molecular complexity index is 1790. The van der Waals surface area contributed by atoms with E-state index in [1.54, 1.807) is 0 Å². The molecule has 1 spiro atoms. The van der Waals surface area contributed by atoms with Crippen LogP contribution >= 0.6 is 7.06 Å². The van der Waals surface area contributed by atoms with Gasteiger partial charge in [-0.3, -0.25) is 0 Å². The molecule has 6 aromatic carbocycles. The molecule has 0 aromatic heterocycles. The normalized spacial score (nSPS) is 17.3. The van der Waals surface area contributed by atoms with Gasteiger partial charge in [0, 0.05) is 0 Å². The van der Waals surface area contributed by atoms with Crippen molar-refractivity contribution >= 4 is 50.6 Å². The minimum atomic E-state index is -3.95. The summed E-state index contributed by atoms with van der Waals surface area (Å²) in [5.74, 6) is 1.76. The fraction of sp³-hybridized carbons (Fsp3) is 0. The van der Waals surface area contributed by atoms with E-state index in [9.17, 15) is 0 Å². The van der Waals surface area contributed by atoms with E-state index in [2.05, 4.69) is 140 Å². The third-order valence-electron chi connectivity index (χ3n) is 7.72. The molecule has 176 valence electrons. The molecule has 0 radical (unpaired) electrons. The molecule has 0 amide bonds. The second kappa shape index (κ2) is 7.32. The fourth-order valence-corrected chi connectivity index (χ4v) is 11.7. The topological polar surface area (TPSA) is 18.5 Å². The summed E-state index contributed by atoms with van der Waals surface area (Å²) in [5.41, 5.74) is 2.21. The van der Waals surface area contributed by atoms with Crippen LogP contribution in [-0.2, 0) is 0 Å². The first-order chi connectivity index (χ1) is 18.3. The van der Waals surface area contributed by atoms with Crippen molar-refractivity contribution in [2.24, 2.45) is 0 Å². The summed E-state index contributed by atoms with van der Waals surface area (Å²) in [6, 6.07) is 46.8. The van der Waals surface area contributed by atoms with Crippen molar-refractivity contribution in [2.75, 3.05) is 0 Å². The van der Waals surface area contributed by atoms with Crippen molar-refractivity contribution in [1.29, 1.82) is 0 Å². The molecule has 0 aliphatic carbocycles. The van der Waals surface area contributed by atoms with Crippen LogP contribution in [0.2, 0.25) is 0 Å². The predicted molar refractivity (Wildman–Crippen MR) is 156 cm³/mol. The van der Waals surface area contributed by atoms with Gasteiger partial charge in [-0.15, -0.1) is 0 Å². The van der Waals surface area contributed by atoms with E-state index in [4.69, 9.17) is 9.05 Å². The van der Waals surface area contributed by atoms with Gasteiger partial charge in [0.1, 0.15) is 0 Å². The van der Waals surface area contributed by atoms with Crippen molar-refractivity contribution in [3.63, 3.8) is 0 Å². The Morgan fingerprint density at radius 1 is 0.486 bits per heavy atom. The summed E-state index contributed by atoms with van der Waals surface area (Å²) in [4.78, 5) is 0.